The summed E-state index contributed by atoms with van der Waals surface area (Å²) in [6.45, 7) is 7.58. The van der Waals surface area contributed by atoms with Gasteiger partial charge in [0, 0.05) is 11.1 Å². The van der Waals surface area contributed by atoms with E-state index in [1.54, 1.807) is 36.1 Å². The van der Waals surface area contributed by atoms with Crippen molar-refractivity contribution in [2.75, 3.05) is 5.43 Å². The topological polar surface area (TPSA) is 81.8 Å². The molecule has 3 aromatic rings. The van der Waals surface area contributed by atoms with Gasteiger partial charge in [0.2, 0.25) is 0 Å². The van der Waals surface area contributed by atoms with Crippen molar-refractivity contribution in [3.63, 3.8) is 0 Å². The number of aryl methyl sites for hydroxylation is 3. The summed E-state index contributed by atoms with van der Waals surface area (Å²) in [4.78, 5) is 32.6. The van der Waals surface area contributed by atoms with Gasteiger partial charge in [0.25, 0.3) is 11.5 Å². The molecule has 0 saturated heterocycles. The van der Waals surface area contributed by atoms with E-state index >= 15 is 0 Å². The zero-order chi connectivity index (χ0) is 20.2. The Balaban J connectivity index is 1.70. The minimum atomic E-state index is -0.566. The fourth-order valence-corrected chi connectivity index (χ4v) is 5.31. The highest BCUT2D eigenvalue weighted by Crippen LogP contribution is 2.35. The summed E-state index contributed by atoms with van der Waals surface area (Å²) in [6, 6.07) is -0.566. The zero-order valence-corrected chi connectivity index (χ0v) is 18.6. The highest BCUT2D eigenvalue weighted by atomic mass is 79.9. The Morgan fingerprint density at radius 1 is 1.43 bits per heavy atom. The minimum Gasteiger partial charge on any atom is -0.271 e. The van der Waals surface area contributed by atoms with Gasteiger partial charge in [0.05, 0.1) is 15.6 Å². The second-order valence-electron chi connectivity index (χ2n) is 7.53. The lowest BCUT2D eigenvalue weighted by Gasteiger charge is -2.18. The molecule has 0 saturated carbocycles. The van der Waals surface area contributed by atoms with Crippen LogP contribution >= 0.6 is 27.3 Å². The lowest BCUT2D eigenvalue weighted by molar-refractivity contribution is -0.120. The van der Waals surface area contributed by atoms with Crippen molar-refractivity contribution in [1.29, 1.82) is 0 Å². The van der Waals surface area contributed by atoms with Crippen LogP contribution in [-0.4, -0.2) is 25.3 Å². The summed E-state index contributed by atoms with van der Waals surface area (Å²) in [5.74, 6) is 0.780. The molecule has 1 aliphatic rings. The molecule has 1 aliphatic carbocycles. The van der Waals surface area contributed by atoms with Gasteiger partial charge in [-0.2, -0.15) is 5.10 Å². The van der Waals surface area contributed by atoms with E-state index in [9.17, 15) is 9.59 Å². The van der Waals surface area contributed by atoms with Gasteiger partial charge in [-0.05, 0) is 67.4 Å². The van der Waals surface area contributed by atoms with Crippen LogP contribution in [0.5, 0.6) is 0 Å². The number of hydrogen-bond acceptors (Lipinski definition) is 5. The van der Waals surface area contributed by atoms with Crippen LogP contribution in [0.25, 0.3) is 10.2 Å². The summed E-state index contributed by atoms with van der Waals surface area (Å²) in [7, 11) is 0. The van der Waals surface area contributed by atoms with E-state index in [1.807, 2.05) is 6.92 Å². The molecule has 7 nitrogen and oxygen atoms in total. The van der Waals surface area contributed by atoms with E-state index in [0.29, 0.717) is 17.1 Å². The zero-order valence-electron chi connectivity index (χ0n) is 16.2. The average Bonchev–Trinajstić information content (AvgIpc) is 3.16. The minimum absolute atomic E-state index is 0.201. The van der Waals surface area contributed by atoms with Gasteiger partial charge in [-0.1, -0.05) is 6.92 Å². The van der Waals surface area contributed by atoms with Crippen LogP contribution in [0.15, 0.2) is 15.5 Å². The van der Waals surface area contributed by atoms with Crippen molar-refractivity contribution in [3.8, 4) is 0 Å². The predicted molar refractivity (Wildman–Crippen MR) is 114 cm³/mol. The van der Waals surface area contributed by atoms with E-state index in [1.165, 1.54) is 9.55 Å². The third kappa shape index (κ3) is 3.20. The molecular formula is C19H22BrN5O2S. The fourth-order valence-electron chi connectivity index (χ4n) is 3.60. The number of hydrogen-bond donors (Lipinski definition) is 1. The van der Waals surface area contributed by atoms with Crippen molar-refractivity contribution >= 4 is 43.4 Å². The van der Waals surface area contributed by atoms with Gasteiger partial charge in [-0.15, -0.1) is 11.3 Å². The van der Waals surface area contributed by atoms with Crippen LogP contribution in [0, 0.1) is 19.8 Å². The Bertz CT molecular complexity index is 1130. The second-order valence-corrected chi connectivity index (χ2v) is 9.46. The highest BCUT2D eigenvalue weighted by molar-refractivity contribution is 9.10. The SMILES string of the molecule is Cc1nn(C(C)C(=O)Nn2c(C)nc3sc4c(c3c2=O)CCC(C)C4)cc1Br. The fraction of sp³-hybridized carbons (Fsp3) is 0.474. The standard InChI is InChI=1S/C19H22BrN5O2S/c1-9-5-6-13-15(7-9)28-18-16(13)19(27)25(12(4)21-18)23-17(26)11(3)24-8-14(20)10(2)22-24/h8-9,11H,5-7H2,1-4H3,(H,23,26). The highest BCUT2D eigenvalue weighted by Gasteiger charge is 2.25. The first-order chi connectivity index (χ1) is 13.3. The van der Waals surface area contributed by atoms with Gasteiger partial charge in [0.15, 0.2) is 0 Å². The number of aromatic nitrogens is 4. The smallest absolute Gasteiger partial charge is 0.271 e. The number of nitrogens with zero attached hydrogens (tertiary/aromatic N) is 4. The summed E-state index contributed by atoms with van der Waals surface area (Å²) < 4.78 is 3.69. The number of thiophene rings is 1. The second kappa shape index (κ2) is 7.11. The molecule has 3 aromatic heterocycles. The van der Waals surface area contributed by atoms with Crippen molar-refractivity contribution < 1.29 is 4.79 Å². The summed E-state index contributed by atoms with van der Waals surface area (Å²) >= 11 is 5.02. The number of rotatable bonds is 3. The molecule has 1 amide bonds. The molecule has 9 heteroatoms. The first-order valence-corrected chi connectivity index (χ1v) is 10.9. The van der Waals surface area contributed by atoms with E-state index in [0.717, 1.165) is 39.8 Å². The van der Waals surface area contributed by atoms with E-state index in [4.69, 9.17) is 0 Å². The van der Waals surface area contributed by atoms with Crippen molar-refractivity contribution in [2.24, 2.45) is 5.92 Å². The van der Waals surface area contributed by atoms with Crippen LogP contribution in [0.3, 0.4) is 0 Å². The molecule has 0 radical (unpaired) electrons. The Morgan fingerprint density at radius 2 is 2.18 bits per heavy atom. The normalized spacial score (nSPS) is 17.5. The number of halogens is 1. The van der Waals surface area contributed by atoms with Gasteiger partial charge in [-0.25, -0.2) is 9.66 Å². The monoisotopic (exact) mass is 463 g/mol. The van der Waals surface area contributed by atoms with Crippen LogP contribution in [-0.2, 0) is 17.6 Å². The van der Waals surface area contributed by atoms with E-state index < -0.39 is 6.04 Å². The van der Waals surface area contributed by atoms with Crippen LogP contribution in [0.4, 0.5) is 0 Å². The lowest BCUT2D eigenvalue weighted by Crippen LogP contribution is -2.38. The number of carbonyl (C=O) groups excluding carboxylic acids is 1. The van der Waals surface area contributed by atoms with Gasteiger partial charge < -0.3 is 0 Å². The molecule has 0 aliphatic heterocycles. The molecule has 0 spiro atoms. The van der Waals surface area contributed by atoms with Crippen LogP contribution in [0.1, 0.15) is 48.3 Å². The molecule has 0 aromatic carbocycles. The summed E-state index contributed by atoms with van der Waals surface area (Å²) in [5.41, 5.74) is 4.44. The Morgan fingerprint density at radius 3 is 2.86 bits per heavy atom. The molecule has 28 heavy (non-hydrogen) atoms. The average molecular weight is 464 g/mol. The first kappa shape index (κ1) is 19.3. The first-order valence-electron chi connectivity index (χ1n) is 9.32. The Kier molecular flexibility index (Phi) is 4.91. The van der Waals surface area contributed by atoms with E-state index in [2.05, 4.69) is 38.4 Å². The molecular weight excluding hydrogens is 442 g/mol. The number of fused-ring (bicyclic) bond motifs is 3. The third-order valence-corrected chi connectivity index (χ3v) is 7.28. The maximum Gasteiger partial charge on any atom is 0.281 e. The molecule has 0 bridgehead atoms. The Hall–Kier alpha value is -2.00. The predicted octanol–water partition coefficient (Wildman–Crippen LogP) is 3.49. The Labute approximate surface area is 174 Å². The number of amides is 1. The molecule has 0 fully saturated rings. The van der Waals surface area contributed by atoms with Crippen molar-refractivity contribution in [1.82, 2.24) is 19.4 Å². The maximum atomic E-state index is 13.2. The lowest BCUT2D eigenvalue weighted by atomic mass is 9.89. The largest absolute Gasteiger partial charge is 0.281 e. The van der Waals surface area contributed by atoms with E-state index in [-0.39, 0.29) is 11.5 Å². The van der Waals surface area contributed by atoms with Crippen LogP contribution < -0.4 is 11.0 Å². The van der Waals surface area contributed by atoms with Gasteiger partial charge in [0.1, 0.15) is 16.7 Å². The van der Waals surface area contributed by atoms with Gasteiger partial charge in [-0.3, -0.25) is 19.7 Å². The third-order valence-electron chi connectivity index (χ3n) is 5.35. The molecule has 3 heterocycles. The molecule has 148 valence electrons. The maximum absolute atomic E-state index is 13.2. The molecule has 2 unspecified atom stereocenters. The van der Waals surface area contributed by atoms with Crippen molar-refractivity contribution in [3.05, 3.63) is 43.0 Å². The van der Waals surface area contributed by atoms with Crippen molar-refractivity contribution in [2.45, 2.75) is 53.0 Å². The number of nitrogens with one attached hydrogen (secondary N) is 1. The molecule has 4 rings (SSSR count). The molecule has 1 N–H and O–H groups in total. The quantitative estimate of drug-likeness (QED) is 0.644. The number of carbonyl (C=O) groups is 1. The summed E-state index contributed by atoms with van der Waals surface area (Å²) in [6.07, 6.45) is 4.71. The summed E-state index contributed by atoms with van der Waals surface area (Å²) in [5, 5.41) is 4.99. The molecule has 2 atom stereocenters. The van der Waals surface area contributed by atoms with Crippen LogP contribution in [0.2, 0.25) is 0 Å². The van der Waals surface area contributed by atoms with Gasteiger partial charge >= 0.3 is 0 Å².